The number of nitrogens with zero attached hydrogens (tertiary/aromatic N) is 2. The maximum atomic E-state index is 6.18. The molecule has 0 bridgehead atoms. The van der Waals surface area contributed by atoms with E-state index in [0.29, 0.717) is 0 Å². The Morgan fingerprint density at radius 2 is 1.50 bits per heavy atom. The molecular weight excluding hydrogens is 268 g/mol. The maximum absolute atomic E-state index is 6.18. The van der Waals surface area contributed by atoms with Gasteiger partial charge in [0.25, 0.3) is 0 Å². The highest BCUT2D eigenvalue weighted by atomic mass is 35.5. The molecule has 0 spiro atoms. The van der Waals surface area contributed by atoms with Gasteiger partial charge in [0.2, 0.25) is 0 Å². The van der Waals surface area contributed by atoms with Crippen LogP contribution in [0.3, 0.4) is 0 Å². The Labute approximate surface area is 128 Å². The summed E-state index contributed by atoms with van der Waals surface area (Å²) in [6, 6.07) is 6.33. The normalized spacial score (nSPS) is 13.9. The van der Waals surface area contributed by atoms with Crippen LogP contribution in [0.5, 0.6) is 0 Å². The van der Waals surface area contributed by atoms with E-state index in [1.807, 2.05) is 6.07 Å². The second-order valence-corrected chi connectivity index (χ2v) is 6.15. The molecule has 2 rings (SSSR count). The summed E-state index contributed by atoms with van der Waals surface area (Å²) in [5, 5.41) is 0.847. The monoisotopic (exact) mass is 294 g/mol. The molecule has 0 unspecified atom stereocenters. The van der Waals surface area contributed by atoms with E-state index < -0.39 is 0 Å². The summed E-state index contributed by atoms with van der Waals surface area (Å²) < 4.78 is 0. The van der Waals surface area contributed by atoms with E-state index in [0.717, 1.165) is 24.8 Å². The molecule has 0 fully saturated rings. The van der Waals surface area contributed by atoms with Crippen molar-refractivity contribution in [1.82, 2.24) is 0 Å². The van der Waals surface area contributed by atoms with Crippen molar-refractivity contribution >= 4 is 23.0 Å². The third kappa shape index (κ3) is 3.82. The van der Waals surface area contributed by atoms with Gasteiger partial charge in [-0.2, -0.15) is 0 Å². The number of benzene rings is 1. The van der Waals surface area contributed by atoms with Gasteiger partial charge in [0.1, 0.15) is 0 Å². The first kappa shape index (κ1) is 15.5. The molecule has 3 heteroatoms. The first-order valence-electron chi connectivity index (χ1n) is 8.05. The van der Waals surface area contributed by atoms with Gasteiger partial charge in [0.05, 0.1) is 18.0 Å². The standard InChI is InChI=1S/C17H27ClN2/c1-3-5-7-11-19-14-20(12-8-6-4-2)17-13-15(18)9-10-16(17)19/h9-10,13H,3-8,11-12,14H2,1-2H3. The van der Waals surface area contributed by atoms with E-state index in [-0.39, 0.29) is 0 Å². The Bertz CT molecular complexity index is 419. The molecule has 0 aromatic heterocycles. The average molecular weight is 295 g/mol. The van der Waals surface area contributed by atoms with Gasteiger partial charge in [-0.15, -0.1) is 0 Å². The summed E-state index contributed by atoms with van der Waals surface area (Å²) in [5.74, 6) is 0. The van der Waals surface area contributed by atoms with E-state index in [1.165, 1.54) is 49.9 Å². The highest BCUT2D eigenvalue weighted by molar-refractivity contribution is 6.31. The average Bonchev–Trinajstić information content (AvgIpc) is 2.77. The first-order valence-corrected chi connectivity index (χ1v) is 8.43. The largest absolute Gasteiger partial charge is 0.352 e. The maximum Gasteiger partial charge on any atom is 0.0904 e. The molecule has 0 saturated carbocycles. The van der Waals surface area contributed by atoms with E-state index in [1.54, 1.807) is 0 Å². The minimum Gasteiger partial charge on any atom is -0.352 e. The molecule has 20 heavy (non-hydrogen) atoms. The molecule has 112 valence electrons. The van der Waals surface area contributed by atoms with Crippen molar-refractivity contribution in [3.63, 3.8) is 0 Å². The van der Waals surface area contributed by atoms with Crippen LogP contribution in [0.15, 0.2) is 18.2 Å². The van der Waals surface area contributed by atoms with E-state index >= 15 is 0 Å². The third-order valence-corrected chi connectivity index (χ3v) is 4.26. The Morgan fingerprint density at radius 3 is 2.10 bits per heavy atom. The van der Waals surface area contributed by atoms with Crippen LogP contribution in [0.1, 0.15) is 52.4 Å². The van der Waals surface area contributed by atoms with Crippen LogP contribution in [-0.4, -0.2) is 19.8 Å². The fourth-order valence-corrected chi connectivity index (χ4v) is 3.03. The van der Waals surface area contributed by atoms with Crippen LogP contribution in [0.2, 0.25) is 5.02 Å². The molecule has 0 saturated heterocycles. The second kappa shape index (κ2) is 7.78. The smallest absolute Gasteiger partial charge is 0.0904 e. The van der Waals surface area contributed by atoms with Crippen molar-refractivity contribution in [3.8, 4) is 0 Å². The SMILES string of the molecule is CCCCCN1CN(CCCCC)c2cc(Cl)ccc21. The Balaban J connectivity index is 2.04. The highest BCUT2D eigenvalue weighted by Gasteiger charge is 2.24. The lowest BCUT2D eigenvalue weighted by molar-refractivity contribution is 0.651. The summed E-state index contributed by atoms with van der Waals surface area (Å²) >= 11 is 6.18. The lowest BCUT2D eigenvalue weighted by Crippen LogP contribution is -2.32. The molecule has 0 N–H and O–H groups in total. The zero-order valence-corrected chi connectivity index (χ0v) is 13.6. The summed E-state index contributed by atoms with van der Waals surface area (Å²) in [7, 11) is 0. The Kier molecular flexibility index (Phi) is 6.03. The summed E-state index contributed by atoms with van der Waals surface area (Å²) in [5.41, 5.74) is 2.69. The highest BCUT2D eigenvalue weighted by Crippen LogP contribution is 2.38. The molecule has 0 aliphatic carbocycles. The van der Waals surface area contributed by atoms with Gasteiger partial charge in [0, 0.05) is 18.1 Å². The fraction of sp³-hybridized carbons (Fsp3) is 0.647. The molecule has 1 heterocycles. The van der Waals surface area contributed by atoms with Crippen molar-refractivity contribution in [2.45, 2.75) is 52.4 Å². The number of rotatable bonds is 8. The van der Waals surface area contributed by atoms with Gasteiger partial charge >= 0.3 is 0 Å². The zero-order valence-electron chi connectivity index (χ0n) is 12.9. The predicted molar refractivity (Wildman–Crippen MR) is 90.1 cm³/mol. The van der Waals surface area contributed by atoms with E-state index in [2.05, 4.69) is 35.8 Å². The Hall–Kier alpha value is -0.890. The molecule has 0 atom stereocenters. The number of halogens is 1. The summed E-state index contributed by atoms with van der Waals surface area (Å²) in [4.78, 5) is 5.00. The van der Waals surface area contributed by atoms with Gasteiger partial charge < -0.3 is 9.80 Å². The van der Waals surface area contributed by atoms with Crippen molar-refractivity contribution in [3.05, 3.63) is 23.2 Å². The van der Waals surface area contributed by atoms with Gasteiger partial charge in [-0.25, -0.2) is 0 Å². The van der Waals surface area contributed by atoms with Crippen LogP contribution in [0.4, 0.5) is 11.4 Å². The number of unbranched alkanes of at least 4 members (excludes halogenated alkanes) is 4. The van der Waals surface area contributed by atoms with Gasteiger partial charge in [-0.3, -0.25) is 0 Å². The van der Waals surface area contributed by atoms with Crippen LogP contribution < -0.4 is 9.80 Å². The number of fused-ring (bicyclic) bond motifs is 1. The topological polar surface area (TPSA) is 6.48 Å². The minimum absolute atomic E-state index is 0.847. The lowest BCUT2D eigenvalue weighted by Gasteiger charge is -2.21. The molecule has 1 aromatic carbocycles. The Morgan fingerprint density at radius 1 is 0.900 bits per heavy atom. The summed E-state index contributed by atoms with van der Waals surface area (Å²) in [6.07, 6.45) is 7.72. The lowest BCUT2D eigenvalue weighted by atomic mass is 10.2. The number of hydrogen-bond acceptors (Lipinski definition) is 2. The van der Waals surface area contributed by atoms with Crippen molar-refractivity contribution < 1.29 is 0 Å². The zero-order chi connectivity index (χ0) is 14.4. The molecule has 1 aliphatic heterocycles. The molecule has 0 radical (unpaired) electrons. The number of hydrogen-bond donors (Lipinski definition) is 0. The van der Waals surface area contributed by atoms with Crippen LogP contribution in [0, 0.1) is 0 Å². The van der Waals surface area contributed by atoms with Crippen molar-refractivity contribution in [1.29, 1.82) is 0 Å². The second-order valence-electron chi connectivity index (χ2n) is 5.72. The molecule has 0 amide bonds. The number of anilines is 2. The molecule has 2 nitrogen and oxygen atoms in total. The van der Waals surface area contributed by atoms with Crippen molar-refractivity contribution in [2.75, 3.05) is 29.6 Å². The fourth-order valence-electron chi connectivity index (χ4n) is 2.86. The van der Waals surface area contributed by atoms with Crippen LogP contribution >= 0.6 is 11.6 Å². The molecule has 1 aromatic rings. The van der Waals surface area contributed by atoms with Gasteiger partial charge in [0.15, 0.2) is 0 Å². The van der Waals surface area contributed by atoms with Gasteiger partial charge in [-0.05, 0) is 31.0 Å². The third-order valence-electron chi connectivity index (χ3n) is 4.02. The predicted octanol–water partition coefficient (Wildman–Crippen LogP) is 5.30. The van der Waals surface area contributed by atoms with Crippen LogP contribution in [-0.2, 0) is 0 Å². The minimum atomic E-state index is 0.847. The van der Waals surface area contributed by atoms with Gasteiger partial charge in [-0.1, -0.05) is 51.1 Å². The summed E-state index contributed by atoms with van der Waals surface area (Å²) in [6.45, 7) is 7.85. The van der Waals surface area contributed by atoms with E-state index in [9.17, 15) is 0 Å². The van der Waals surface area contributed by atoms with Crippen molar-refractivity contribution in [2.24, 2.45) is 0 Å². The first-order chi connectivity index (χ1) is 9.76. The quantitative estimate of drug-likeness (QED) is 0.600. The van der Waals surface area contributed by atoms with E-state index in [4.69, 9.17) is 11.6 Å². The van der Waals surface area contributed by atoms with Crippen LogP contribution in [0.25, 0.3) is 0 Å². The molecule has 1 aliphatic rings. The molecular formula is C17H27ClN2.